The Morgan fingerprint density at radius 1 is 1.16 bits per heavy atom. The van der Waals surface area contributed by atoms with Gasteiger partial charge < -0.3 is 25.0 Å². The van der Waals surface area contributed by atoms with Gasteiger partial charge >= 0.3 is 18.0 Å². The fourth-order valence-electron chi connectivity index (χ4n) is 3.58. The number of ether oxygens (including phenoxy) is 2. The number of nitrogens with one attached hydrogen (secondary N) is 1. The van der Waals surface area contributed by atoms with Gasteiger partial charge in [-0.1, -0.05) is 49.1 Å². The Hall–Kier alpha value is -2.78. The number of benzene rings is 1. The molecule has 32 heavy (non-hydrogen) atoms. The molecular formula is C22H24ClNO7S. The number of alkyl carbamates (subject to hydrolysis) is 1. The maximum absolute atomic E-state index is 12.0. The van der Waals surface area contributed by atoms with Crippen LogP contribution < -0.4 is 10.1 Å². The molecule has 0 atom stereocenters. The largest absolute Gasteiger partial charge is 0.479 e. The first-order valence-corrected chi connectivity index (χ1v) is 11.4. The minimum atomic E-state index is -1.26. The summed E-state index contributed by atoms with van der Waals surface area (Å²) < 4.78 is 10.4. The summed E-state index contributed by atoms with van der Waals surface area (Å²) in [6.45, 7) is -0.0502. The van der Waals surface area contributed by atoms with E-state index in [1.165, 1.54) is 19.3 Å². The SMILES string of the molecule is O=C(O)COc1c(C(=O)O)sc(-c2cccc(CNC(=O)OCC3CCCCC3)c2)c1Cl. The highest BCUT2D eigenvalue weighted by Crippen LogP contribution is 2.45. The molecule has 1 aliphatic carbocycles. The number of carboxylic acid groups (broad SMARTS) is 2. The molecule has 10 heteroatoms. The number of aliphatic carboxylic acids is 1. The average Bonchev–Trinajstić information content (AvgIpc) is 3.12. The first kappa shape index (κ1) is 23.9. The van der Waals surface area contributed by atoms with E-state index in [0.29, 0.717) is 23.0 Å². The second-order valence-corrected chi connectivity index (χ2v) is 8.95. The fraction of sp³-hybridized carbons (Fsp3) is 0.409. The minimum absolute atomic E-state index is 0.0330. The van der Waals surface area contributed by atoms with Gasteiger partial charge in [0.2, 0.25) is 0 Å². The molecule has 1 fully saturated rings. The zero-order valence-corrected chi connectivity index (χ0v) is 18.8. The van der Waals surface area contributed by atoms with Crippen molar-refractivity contribution in [2.24, 2.45) is 5.92 Å². The van der Waals surface area contributed by atoms with Crippen LogP contribution in [-0.4, -0.2) is 41.5 Å². The summed E-state index contributed by atoms with van der Waals surface area (Å²) in [4.78, 5) is 34.6. The Morgan fingerprint density at radius 3 is 2.59 bits per heavy atom. The van der Waals surface area contributed by atoms with Crippen molar-refractivity contribution >= 4 is 41.0 Å². The van der Waals surface area contributed by atoms with Crippen molar-refractivity contribution in [1.82, 2.24) is 5.32 Å². The summed E-state index contributed by atoms with van der Waals surface area (Å²) in [5.74, 6) is -2.24. The molecule has 1 aliphatic rings. The topological polar surface area (TPSA) is 122 Å². The molecule has 0 unspecified atom stereocenters. The van der Waals surface area contributed by atoms with Crippen LogP contribution in [0.2, 0.25) is 5.02 Å². The monoisotopic (exact) mass is 481 g/mol. The maximum Gasteiger partial charge on any atom is 0.407 e. The summed E-state index contributed by atoms with van der Waals surface area (Å²) in [5, 5.41) is 21.0. The molecule has 0 bridgehead atoms. The molecule has 1 aromatic heterocycles. The molecule has 1 amide bonds. The molecule has 0 radical (unpaired) electrons. The molecule has 0 saturated heterocycles. The van der Waals surface area contributed by atoms with Crippen LogP contribution >= 0.6 is 22.9 Å². The molecule has 0 spiro atoms. The predicted molar refractivity (Wildman–Crippen MR) is 120 cm³/mol. The second kappa shape index (κ2) is 11.2. The van der Waals surface area contributed by atoms with E-state index in [2.05, 4.69) is 5.32 Å². The van der Waals surface area contributed by atoms with E-state index >= 15 is 0 Å². The summed E-state index contributed by atoms with van der Waals surface area (Å²) in [5.41, 5.74) is 1.40. The van der Waals surface area contributed by atoms with Gasteiger partial charge in [0.15, 0.2) is 17.2 Å². The van der Waals surface area contributed by atoms with E-state index in [9.17, 15) is 19.5 Å². The number of hydrogen-bond donors (Lipinski definition) is 3. The van der Waals surface area contributed by atoms with Crippen LogP contribution in [0.1, 0.15) is 47.3 Å². The van der Waals surface area contributed by atoms with Crippen molar-refractivity contribution in [3.05, 3.63) is 39.7 Å². The van der Waals surface area contributed by atoms with Crippen molar-refractivity contribution in [3.8, 4) is 16.2 Å². The number of carbonyl (C=O) groups excluding carboxylic acids is 1. The van der Waals surface area contributed by atoms with Crippen LogP contribution in [0.3, 0.4) is 0 Å². The lowest BCUT2D eigenvalue weighted by atomic mass is 9.90. The smallest absolute Gasteiger partial charge is 0.407 e. The third-order valence-corrected chi connectivity index (χ3v) is 6.82. The summed E-state index contributed by atoms with van der Waals surface area (Å²) >= 11 is 7.22. The lowest BCUT2D eigenvalue weighted by Gasteiger charge is -2.21. The highest BCUT2D eigenvalue weighted by atomic mass is 35.5. The van der Waals surface area contributed by atoms with Crippen molar-refractivity contribution in [3.63, 3.8) is 0 Å². The number of halogens is 1. The molecule has 0 aliphatic heterocycles. The van der Waals surface area contributed by atoms with Gasteiger partial charge in [0.1, 0.15) is 5.02 Å². The third-order valence-electron chi connectivity index (χ3n) is 5.14. The highest BCUT2D eigenvalue weighted by Gasteiger charge is 2.25. The lowest BCUT2D eigenvalue weighted by Crippen LogP contribution is -2.26. The quantitative estimate of drug-likeness (QED) is 0.458. The zero-order valence-electron chi connectivity index (χ0n) is 17.3. The highest BCUT2D eigenvalue weighted by molar-refractivity contribution is 7.18. The Balaban J connectivity index is 1.66. The van der Waals surface area contributed by atoms with Crippen LogP contribution in [0.15, 0.2) is 24.3 Å². The van der Waals surface area contributed by atoms with Crippen LogP contribution in [-0.2, 0) is 16.1 Å². The van der Waals surface area contributed by atoms with E-state index in [4.69, 9.17) is 26.2 Å². The number of thiophene rings is 1. The fourth-order valence-corrected chi connectivity index (χ4v) is 4.98. The van der Waals surface area contributed by atoms with Crippen LogP contribution in [0.4, 0.5) is 4.79 Å². The maximum atomic E-state index is 12.0. The number of amides is 1. The zero-order chi connectivity index (χ0) is 23.1. The summed E-state index contributed by atoms with van der Waals surface area (Å²) in [7, 11) is 0. The van der Waals surface area contributed by atoms with E-state index in [0.717, 1.165) is 29.7 Å². The number of aromatic carboxylic acids is 1. The molecule has 3 rings (SSSR count). The van der Waals surface area contributed by atoms with E-state index < -0.39 is 24.6 Å². The number of carbonyl (C=O) groups is 3. The Kier molecular flexibility index (Phi) is 8.35. The third kappa shape index (κ3) is 6.37. The van der Waals surface area contributed by atoms with Gasteiger partial charge in [0.25, 0.3) is 0 Å². The lowest BCUT2D eigenvalue weighted by molar-refractivity contribution is -0.139. The molecule has 8 nitrogen and oxygen atoms in total. The van der Waals surface area contributed by atoms with Gasteiger partial charge in [-0.25, -0.2) is 14.4 Å². The van der Waals surface area contributed by atoms with Crippen LogP contribution in [0.5, 0.6) is 5.75 Å². The normalized spacial score (nSPS) is 14.0. The molecular weight excluding hydrogens is 458 g/mol. The Morgan fingerprint density at radius 2 is 1.91 bits per heavy atom. The van der Waals surface area contributed by atoms with Gasteiger partial charge in [-0.15, -0.1) is 11.3 Å². The number of carboxylic acids is 2. The Labute approximate surface area is 194 Å². The summed E-state index contributed by atoms with van der Waals surface area (Å²) in [6.07, 6.45) is 5.31. The number of rotatable bonds is 9. The Bertz CT molecular complexity index is 985. The minimum Gasteiger partial charge on any atom is -0.479 e. The second-order valence-electron chi connectivity index (χ2n) is 7.55. The van der Waals surface area contributed by atoms with Crippen molar-refractivity contribution in [2.75, 3.05) is 13.2 Å². The molecule has 1 heterocycles. The molecule has 172 valence electrons. The van der Waals surface area contributed by atoms with Crippen molar-refractivity contribution in [1.29, 1.82) is 0 Å². The average molecular weight is 482 g/mol. The predicted octanol–water partition coefficient (Wildman–Crippen LogP) is 5.04. The first-order chi connectivity index (χ1) is 15.3. The molecule has 1 saturated carbocycles. The van der Waals surface area contributed by atoms with E-state index in [1.54, 1.807) is 18.2 Å². The van der Waals surface area contributed by atoms with Crippen molar-refractivity contribution in [2.45, 2.75) is 38.6 Å². The van der Waals surface area contributed by atoms with Gasteiger partial charge in [0, 0.05) is 6.54 Å². The van der Waals surface area contributed by atoms with Gasteiger partial charge in [-0.05, 0) is 36.0 Å². The molecule has 1 aromatic carbocycles. The first-order valence-electron chi connectivity index (χ1n) is 10.2. The van der Waals surface area contributed by atoms with Gasteiger partial charge in [-0.3, -0.25) is 0 Å². The summed E-state index contributed by atoms with van der Waals surface area (Å²) in [6, 6.07) is 7.08. The standard InChI is InChI=1S/C22H24ClNO7S/c23-17-18(30-12-16(25)26)20(21(27)28)32-19(17)15-8-4-7-14(9-15)10-24-22(29)31-11-13-5-2-1-3-6-13/h4,7-9,13H,1-3,5-6,10-12H2,(H,24,29)(H,25,26)(H,27,28). The molecule has 2 aromatic rings. The van der Waals surface area contributed by atoms with Crippen LogP contribution in [0.25, 0.3) is 10.4 Å². The van der Waals surface area contributed by atoms with E-state index in [-0.39, 0.29) is 22.2 Å². The molecule has 3 N–H and O–H groups in total. The van der Waals surface area contributed by atoms with E-state index in [1.807, 2.05) is 6.07 Å². The van der Waals surface area contributed by atoms with Gasteiger partial charge in [-0.2, -0.15) is 0 Å². The van der Waals surface area contributed by atoms with Gasteiger partial charge in [0.05, 0.1) is 11.5 Å². The van der Waals surface area contributed by atoms with Crippen molar-refractivity contribution < 1.29 is 34.1 Å². The van der Waals surface area contributed by atoms with Crippen LogP contribution in [0, 0.1) is 5.92 Å². The number of hydrogen-bond acceptors (Lipinski definition) is 6.